The van der Waals surface area contributed by atoms with E-state index in [1.54, 1.807) is 0 Å². The molecule has 4 atom stereocenters. The van der Waals surface area contributed by atoms with Gasteiger partial charge in [0, 0.05) is 19.5 Å². The van der Waals surface area contributed by atoms with E-state index in [1.807, 2.05) is 11.8 Å². The van der Waals surface area contributed by atoms with Crippen LogP contribution in [0.15, 0.2) is 0 Å². The Bertz CT molecular complexity index is 412. The van der Waals surface area contributed by atoms with Gasteiger partial charge in [0.25, 0.3) is 5.91 Å². The largest absolute Gasteiger partial charge is 0.481 e. The predicted molar refractivity (Wildman–Crippen MR) is 88.1 cm³/mol. The van der Waals surface area contributed by atoms with Crippen LogP contribution in [0.3, 0.4) is 0 Å². The Kier molecular flexibility index (Phi) is 6.88. The number of carbonyl (C=O) groups excluding carboxylic acids is 1. The summed E-state index contributed by atoms with van der Waals surface area (Å²) in [4.78, 5) is 25.2. The highest BCUT2D eigenvalue weighted by molar-refractivity contribution is 5.80. The lowest BCUT2D eigenvalue weighted by Crippen LogP contribution is -2.46. The summed E-state index contributed by atoms with van der Waals surface area (Å²) in [5.41, 5.74) is 0. The summed E-state index contributed by atoms with van der Waals surface area (Å²) in [6, 6.07) is 0. The lowest BCUT2D eigenvalue weighted by Gasteiger charge is -2.35. The van der Waals surface area contributed by atoms with Crippen molar-refractivity contribution in [1.82, 2.24) is 4.90 Å². The van der Waals surface area contributed by atoms with Crippen molar-refractivity contribution in [1.29, 1.82) is 0 Å². The van der Waals surface area contributed by atoms with Gasteiger partial charge >= 0.3 is 5.97 Å². The van der Waals surface area contributed by atoms with Crippen LogP contribution in [0, 0.1) is 11.8 Å². The molecular formula is C18H31NO4. The third-order valence-corrected chi connectivity index (χ3v) is 5.23. The van der Waals surface area contributed by atoms with Crippen LogP contribution in [0.2, 0.25) is 0 Å². The Balaban J connectivity index is 1.79. The zero-order valence-electron chi connectivity index (χ0n) is 14.5. The van der Waals surface area contributed by atoms with E-state index in [-0.39, 0.29) is 24.5 Å². The Morgan fingerprint density at radius 1 is 1.26 bits per heavy atom. The fraction of sp³-hybridized carbons (Fsp3) is 0.889. The number of likely N-dealkylation sites (tertiary alicyclic amines) is 1. The Morgan fingerprint density at radius 3 is 2.74 bits per heavy atom. The number of rotatable bonds is 6. The van der Waals surface area contributed by atoms with Crippen molar-refractivity contribution in [2.45, 2.75) is 77.4 Å². The summed E-state index contributed by atoms with van der Waals surface area (Å²) in [6.45, 7) is 5.57. The van der Waals surface area contributed by atoms with Crippen molar-refractivity contribution in [3.63, 3.8) is 0 Å². The highest BCUT2D eigenvalue weighted by Gasteiger charge is 2.30. The number of carboxylic acid groups (broad SMARTS) is 1. The maximum Gasteiger partial charge on any atom is 0.303 e. The molecule has 2 fully saturated rings. The maximum absolute atomic E-state index is 12.6. The first-order valence-corrected chi connectivity index (χ1v) is 9.11. The number of aliphatic carboxylic acids is 1. The molecule has 5 nitrogen and oxygen atoms in total. The van der Waals surface area contributed by atoms with Crippen LogP contribution in [0.4, 0.5) is 0 Å². The summed E-state index contributed by atoms with van der Waals surface area (Å²) in [5.74, 6) is 0.317. The van der Waals surface area contributed by atoms with E-state index in [9.17, 15) is 9.59 Å². The lowest BCUT2D eigenvalue weighted by atomic mass is 9.88. The van der Waals surface area contributed by atoms with Crippen LogP contribution in [-0.4, -0.2) is 47.2 Å². The van der Waals surface area contributed by atoms with E-state index in [1.165, 1.54) is 12.8 Å². The normalized spacial score (nSPS) is 30.0. The molecule has 1 aliphatic carbocycles. The molecule has 1 heterocycles. The number of piperidine rings is 1. The molecule has 5 heteroatoms. The number of hydrogen-bond acceptors (Lipinski definition) is 3. The maximum atomic E-state index is 12.6. The Labute approximate surface area is 139 Å². The fourth-order valence-corrected chi connectivity index (χ4v) is 3.93. The van der Waals surface area contributed by atoms with E-state index in [2.05, 4.69) is 6.92 Å². The van der Waals surface area contributed by atoms with E-state index in [0.717, 1.165) is 32.2 Å². The standard InChI is InChI=1S/C18H31NO4/c1-13-5-3-7-16(11-13)23-14(2)18(22)19-10-4-6-15(12-19)8-9-17(20)21/h13-16H,3-12H2,1-2H3,(H,20,21)/t13-,14-,15+,16+/m1/s1. The van der Waals surface area contributed by atoms with Crippen molar-refractivity contribution in [2.75, 3.05) is 13.1 Å². The fourth-order valence-electron chi connectivity index (χ4n) is 3.93. The lowest BCUT2D eigenvalue weighted by molar-refractivity contribution is -0.149. The first kappa shape index (κ1) is 18.2. The zero-order valence-corrected chi connectivity index (χ0v) is 14.5. The Hall–Kier alpha value is -1.10. The molecule has 1 N–H and O–H groups in total. The smallest absolute Gasteiger partial charge is 0.303 e. The molecule has 23 heavy (non-hydrogen) atoms. The van der Waals surface area contributed by atoms with Gasteiger partial charge in [0.15, 0.2) is 0 Å². The topological polar surface area (TPSA) is 66.8 Å². The summed E-state index contributed by atoms with van der Waals surface area (Å²) in [7, 11) is 0. The molecule has 0 bridgehead atoms. The first-order valence-electron chi connectivity index (χ1n) is 9.11. The van der Waals surface area contributed by atoms with Crippen LogP contribution < -0.4 is 0 Å². The number of nitrogens with zero attached hydrogens (tertiary/aromatic N) is 1. The average Bonchev–Trinajstić information content (AvgIpc) is 2.52. The minimum atomic E-state index is -0.753. The van der Waals surface area contributed by atoms with Crippen LogP contribution in [-0.2, 0) is 14.3 Å². The van der Waals surface area contributed by atoms with E-state index in [4.69, 9.17) is 9.84 Å². The quantitative estimate of drug-likeness (QED) is 0.815. The first-order chi connectivity index (χ1) is 11.0. The van der Waals surface area contributed by atoms with Gasteiger partial charge in [-0.3, -0.25) is 9.59 Å². The third-order valence-electron chi connectivity index (χ3n) is 5.23. The van der Waals surface area contributed by atoms with Crippen molar-refractivity contribution in [2.24, 2.45) is 11.8 Å². The van der Waals surface area contributed by atoms with Gasteiger partial charge < -0.3 is 14.7 Å². The van der Waals surface area contributed by atoms with Crippen LogP contribution in [0.25, 0.3) is 0 Å². The molecule has 1 amide bonds. The molecule has 0 aromatic carbocycles. The van der Waals surface area contributed by atoms with Crippen LogP contribution in [0.5, 0.6) is 0 Å². The molecule has 1 saturated carbocycles. The molecule has 0 aromatic rings. The summed E-state index contributed by atoms with van der Waals surface area (Å²) in [6.07, 6.45) is 7.23. The molecule has 1 saturated heterocycles. The SMILES string of the molecule is C[C@@H]1CCC[C@H](O[C@H](C)C(=O)N2CCC[C@@H](CCC(=O)O)C2)C1. The zero-order chi connectivity index (χ0) is 16.8. The van der Waals surface area contributed by atoms with Gasteiger partial charge in [-0.25, -0.2) is 0 Å². The Morgan fingerprint density at radius 2 is 2.04 bits per heavy atom. The molecule has 2 aliphatic rings. The summed E-state index contributed by atoms with van der Waals surface area (Å²) in [5, 5.41) is 8.81. The molecule has 0 aromatic heterocycles. The van der Waals surface area contributed by atoms with Crippen molar-refractivity contribution in [3.8, 4) is 0 Å². The predicted octanol–water partition coefficient (Wildman–Crippen LogP) is 3.07. The van der Waals surface area contributed by atoms with Gasteiger partial charge in [-0.1, -0.05) is 19.8 Å². The molecule has 0 unspecified atom stereocenters. The van der Waals surface area contributed by atoms with Crippen molar-refractivity contribution in [3.05, 3.63) is 0 Å². The molecule has 0 radical (unpaired) electrons. The molecule has 132 valence electrons. The minimum Gasteiger partial charge on any atom is -0.481 e. The highest BCUT2D eigenvalue weighted by Crippen LogP contribution is 2.27. The van der Waals surface area contributed by atoms with Gasteiger partial charge in [-0.2, -0.15) is 0 Å². The summed E-state index contributed by atoms with van der Waals surface area (Å²) < 4.78 is 6.02. The third kappa shape index (κ3) is 5.79. The highest BCUT2D eigenvalue weighted by atomic mass is 16.5. The molecule has 2 rings (SSSR count). The number of amides is 1. The van der Waals surface area contributed by atoms with Gasteiger partial charge in [0.05, 0.1) is 6.10 Å². The second-order valence-electron chi connectivity index (χ2n) is 7.40. The van der Waals surface area contributed by atoms with E-state index < -0.39 is 5.97 Å². The van der Waals surface area contributed by atoms with Crippen LogP contribution >= 0.6 is 0 Å². The second kappa shape index (κ2) is 8.67. The summed E-state index contributed by atoms with van der Waals surface area (Å²) >= 11 is 0. The van der Waals surface area contributed by atoms with Gasteiger partial charge in [0.1, 0.15) is 6.10 Å². The van der Waals surface area contributed by atoms with Gasteiger partial charge in [-0.15, -0.1) is 0 Å². The van der Waals surface area contributed by atoms with E-state index in [0.29, 0.717) is 24.8 Å². The van der Waals surface area contributed by atoms with E-state index >= 15 is 0 Å². The second-order valence-corrected chi connectivity index (χ2v) is 7.40. The van der Waals surface area contributed by atoms with Crippen LogP contribution in [0.1, 0.15) is 65.2 Å². The molecular weight excluding hydrogens is 294 g/mol. The van der Waals surface area contributed by atoms with Crippen molar-refractivity contribution < 1.29 is 19.4 Å². The molecule has 0 spiro atoms. The number of ether oxygens (including phenoxy) is 1. The monoisotopic (exact) mass is 325 g/mol. The molecule has 1 aliphatic heterocycles. The van der Waals surface area contributed by atoms with Crippen molar-refractivity contribution >= 4 is 11.9 Å². The number of carboxylic acids is 1. The van der Waals surface area contributed by atoms with Gasteiger partial charge in [-0.05, 0) is 50.9 Å². The average molecular weight is 325 g/mol. The minimum absolute atomic E-state index is 0.0725. The number of hydrogen-bond donors (Lipinski definition) is 1. The van der Waals surface area contributed by atoms with Gasteiger partial charge in [0.2, 0.25) is 0 Å². The number of carbonyl (C=O) groups is 2.